The third-order valence-electron chi connectivity index (χ3n) is 4.19. The van der Waals surface area contributed by atoms with E-state index in [4.69, 9.17) is 4.74 Å². The van der Waals surface area contributed by atoms with E-state index in [0.717, 1.165) is 44.8 Å². The third-order valence-corrected chi connectivity index (χ3v) is 4.29. The lowest BCUT2D eigenvalue weighted by molar-refractivity contribution is 0.0910. The summed E-state index contributed by atoms with van der Waals surface area (Å²) in [5, 5.41) is 5.42. The van der Waals surface area contributed by atoms with Gasteiger partial charge in [-0.3, -0.25) is 4.79 Å². The van der Waals surface area contributed by atoms with Crippen molar-refractivity contribution in [3.8, 4) is 0 Å². The fourth-order valence-electron chi connectivity index (χ4n) is 2.80. The Balaban J connectivity index is 1.54. The number of nitrogens with one attached hydrogen (secondary N) is 1. The van der Waals surface area contributed by atoms with Gasteiger partial charge in [-0.1, -0.05) is 0 Å². The molecule has 1 N–H and O–H groups in total. The first-order valence-corrected chi connectivity index (χ1v) is 7.97. The highest BCUT2D eigenvalue weighted by Gasteiger charge is 2.30. The van der Waals surface area contributed by atoms with E-state index >= 15 is 0 Å². The lowest BCUT2D eigenvalue weighted by Crippen LogP contribution is -2.46. The van der Waals surface area contributed by atoms with E-state index in [0.29, 0.717) is 5.56 Å². The van der Waals surface area contributed by atoms with Crippen LogP contribution < -0.4 is 10.2 Å². The van der Waals surface area contributed by atoms with Gasteiger partial charge >= 0.3 is 0 Å². The number of hydrogen-bond donors (Lipinski definition) is 1. The van der Waals surface area contributed by atoms with Crippen molar-refractivity contribution in [2.24, 2.45) is 4.99 Å². The second-order valence-electron chi connectivity index (χ2n) is 5.66. The molecule has 22 heavy (non-hydrogen) atoms. The molecule has 1 aliphatic carbocycles. The molecule has 1 saturated heterocycles. The zero-order valence-electron chi connectivity index (χ0n) is 12.3. The molecule has 1 saturated carbocycles. The van der Waals surface area contributed by atoms with Gasteiger partial charge in [0.25, 0.3) is 5.91 Å². The number of benzene rings is 1. The Hall–Kier alpha value is -1.75. The molecule has 6 heteroatoms. The number of rotatable bonds is 4. The molecule has 0 bridgehead atoms. The van der Waals surface area contributed by atoms with Crippen molar-refractivity contribution in [3.63, 3.8) is 0 Å². The molecule has 1 aromatic rings. The average Bonchev–Trinajstić information content (AvgIpc) is 2.54. The number of amides is 1. The Morgan fingerprint density at radius 2 is 1.95 bits per heavy atom. The summed E-state index contributed by atoms with van der Waals surface area (Å²) in [6.45, 7) is 3.31. The maximum atomic E-state index is 12.2. The van der Waals surface area contributed by atoms with Crippen molar-refractivity contribution in [2.75, 3.05) is 31.2 Å². The number of ether oxygens (including phenoxy) is 1. The highest BCUT2D eigenvalue weighted by atomic mass is 32.1. The quantitative estimate of drug-likeness (QED) is 0.680. The van der Waals surface area contributed by atoms with Gasteiger partial charge in [-0.25, -0.2) is 4.99 Å². The molecule has 0 atom stereocenters. The van der Waals surface area contributed by atoms with Crippen molar-refractivity contribution in [3.05, 3.63) is 29.8 Å². The zero-order chi connectivity index (χ0) is 15.4. The maximum Gasteiger partial charge on any atom is 0.251 e. The molecule has 0 spiro atoms. The lowest BCUT2D eigenvalue weighted by Gasteiger charge is -2.32. The minimum Gasteiger partial charge on any atom is -0.378 e. The number of isothiocyanates is 1. The molecule has 1 aromatic carbocycles. The Morgan fingerprint density at radius 3 is 2.59 bits per heavy atom. The second kappa shape index (κ2) is 7.01. The van der Waals surface area contributed by atoms with Gasteiger partial charge in [0.15, 0.2) is 0 Å². The molecule has 116 valence electrons. The van der Waals surface area contributed by atoms with Crippen LogP contribution in [0.15, 0.2) is 29.3 Å². The van der Waals surface area contributed by atoms with Crippen LogP contribution in [-0.4, -0.2) is 49.5 Å². The number of hydrogen-bond acceptors (Lipinski definition) is 5. The summed E-state index contributed by atoms with van der Waals surface area (Å²) in [6.07, 6.45) is 1.70. The Bertz CT molecular complexity index is 572. The Morgan fingerprint density at radius 1 is 1.27 bits per heavy atom. The minimum atomic E-state index is -0.0247. The SMILES string of the molecule is O=C(NC1CC(N=C=S)C1)c1ccc(N2CCOCC2)cc1. The summed E-state index contributed by atoms with van der Waals surface area (Å²) in [7, 11) is 0. The number of anilines is 1. The van der Waals surface area contributed by atoms with Crippen molar-refractivity contribution >= 4 is 29.0 Å². The molecule has 2 fully saturated rings. The van der Waals surface area contributed by atoms with Crippen molar-refractivity contribution in [2.45, 2.75) is 24.9 Å². The van der Waals surface area contributed by atoms with Gasteiger partial charge in [-0.2, -0.15) is 0 Å². The molecule has 5 nitrogen and oxygen atoms in total. The van der Waals surface area contributed by atoms with E-state index < -0.39 is 0 Å². The maximum absolute atomic E-state index is 12.2. The van der Waals surface area contributed by atoms with E-state index in [1.54, 1.807) is 0 Å². The lowest BCUT2D eigenvalue weighted by atomic mass is 9.87. The molecule has 2 aliphatic rings. The smallest absolute Gasteiger partial charge is 0.251 e. The molecule has 1 amide bonds. The first-order valence-electron chi connectivity index (χ1n) is 7.57. The zero-order valence-corrected chi connectivity index (χ0v) is 13.1. The number of carbonyl (C=O) groups is 1. The summed E-state index contributed by atoms with van der Waals surface area (Å²) in [5.41, 5.74) is 1.83. The van der Waals surface area contributed by atoms with Crippen LogP contribution in [0.1, 0.15) is 23.2 Å². The van der Waals surface area contributed by atoms with Crippen LogP contribution in [0.3, 0.4) is 0 Å². The first-order chi connectivity index (χ1) is 10.8. The average molecular weight is 317 g/mol. The standard InChI is InChI=1S/C16H19N3O2S/c20-16(18-14-9-13(10-14)17-11-22)12-1-3-15(4-2-12)19-5-7-21-8-6-19/h1-4,13-14H,5-10H2,(H,18,20). The largest absolute Gasteiger partial charge is 0.378 e. The topological polar surface area (TPSA) is 53.9 Å². The summed E-state index contributed by atoms with van der Waals surface area (Å²) in [4.78, 5) is 18.5. The molecular formula is C16H19N3O2S. The molecular weight excluding hydrogens is 298 g/mol. The highest BCUT2D eigenvalue weighted by Crippen LogP contribution is 2.23. The highest BCUT2D eigenvalue weighted by molar-refractivity contribution is 7.78. The summed E-state index contributed by atoms with van der Waals surface area (Å²) in [6, 6.07) is 8.19. The van der Waals surface area contributed by atoms with Gasteiger partial charge < -0.3 is 15.0 Å². The monoisotopic (exact) mass is 317 g/mol. The van der Waals surface area contributed by atoms with Crippen LogP contribution in [0.5, 0.6) is 0 Å². The second-order valence-corrected chi connectivity index (χ2v) is 5.84. The summed E-state index contributed by atoms with van der Waals surface area (Å²) in [5.74, 6) is -0.0247. The molecule has 0 radical (unpaired) electrons. The first kappa shape index (κ1) is 15.2. The van der Waals surface area contributed by atoms with Crippen LogP contribution in [0, 0.1) is 0 Å². The van der Waals surface area contributed by atoms with Gasteiger partial charge in [0, 0.05) is 30.4 Å². The molecule has 0 unspecified atom stereocenters. The normalized spacial score (nSPS) is 24.1. The van der Waals surface area contributed by atoms with Crippen LogP contribution in [0.25, 0.3) is 0 Å². The van der Waals surface area contributed by atoms with Crippen molar-refractivity contribution in [1.82, 2.24) is 5.32 Å². The van der Waals surface area contributed by atoms with Gasteiger partial charge in [0.05, 0.1) is 24.4 Å². The molecule has 1 heterocycles. The number of aliphatic imine (C=N–C) groups is 1. The number of morpholine rings is 1. The number of nitrogens with zero attached hydrogens (tertiary/aromatic N) is 2. The fourth-order valence-corrected chi connectivity index (χ4v) is 2.95. The summed E-state index contributed by atoms with van der Waals surface area (Å²) < 4.78 is 5.35. The Kier molecular flexibility index (Phi) is 4.83. The van der Waals surface area contributed by atoms with E-state index in [2.05, 4.69) is 32.6 Å². The minimum absolute atomic E-state index is 0.0247. The van der Waals surface area contributed by atoms with E-state index in [-0.39, 0.29) is 18.0 Å². The number of carbonyl (C=O) groups excluding carboxylic acids is 1. The van der Waals surface area contributed by atoms with Crippen LogP contribution in [0.4, 0.5) is 5.69 Å². The predicted octanol–water partition coefficient (Wildman–Crippen LogP) is 1.89. The third kappa shape index (κ3) is 3.53. The van der Waals surface area contributed by atoms with Crippen LogP contribution >= 0.6 is 12.2 Å². The van der Waals surface area contributed by atoms with Gasteiger partial charge in [-0.15, -0.1) is 0 Å². The van der Waals surface area contributed by atoms with E-state index in [9.17, 15) is 4.79 Å². The predicted molar refractivity (Wildman–Crippen MR) is 88.8 cm³/mol. The van der Waals surface area contributed by atoms with E-state index in [1.165, 1.54) is 0 Å². The van der Waals surface area contributed by atoms with E-state index in [1.807, 2.05) is 24.3 Å². The van der Waals surface area contributed by atoms with Gasteiger partial charge in [0.1, 0.15) is 0 Å². The van der Waals surface area contributed by atoms with Crippen molar-refractivity contribution < 1.29 is 9.53 Å². The van der Waals surface area contributed by atoms with Crippen molar-refractivity contribution in [1.29, 1.82) is 0 Å². The van der Waals surface area contributed by atoms with Gasteiger partial charge in [-0.05, 0) is 49.3 Å². The summed E-state index contributed by atoms with van der Waals surface area (Å²) >= 11 is 4.58. The fraction of sp³-hybridized carbons (Fsp3) is 0.500. The van der Waals surface area contributed by atoms with Crippen LogP contribution in [-0.2, 0) is 4.74 Å². The molecule has 1 aliphatic heterocycles. The number of thiocarbonyl (C=S) groups is 1. The molecule has 3 rings (SSSR count). The van der Waals surface area contributed by atoms with Gasteiger partial charge in [0.2, 0.25) is 0 Å². The Labute approximate surface area is 135 Å². The van der Waals surface area contributed by atoms with Crippen LogP contribution in [0.2, 0.25) is 0 Å². The molecule has 0 aromatic heterocycles.